The van der Waals surface area contributed by atoms with Gasteiger partial charge in [0.05, 0.1) is 26.4 Å². The first-order chi connectivity index (χ1) is 47.9. The second-order valence-corrected chi connectivity index (χ2v) is 29.3. The van der Waals surface area contributed by atoms with E-state index in [1.165, 1.54) is 269 Å². The third-order valence-electron chi connectivity index (χ3n) is 23.0. The van der Waals surface area contributed by atoms with Gasteiger partial charge in [0.15, 0.2) is 0 Å². The van der Waals surface area contributed by atoms with Gasteiger partial charge in [-0.1, -0.05) is 315 Å². The van der Waals surface area contributed by atoms with Crippen LogP contribution < -0.4 is 0 Å². The molecule has 3 aliphatic carbocycles. The van der Waals surface area contributed by atoms with Crippen LogP contribution in [0.15, 0.2) is 170 Å². The number of methoxy groups -OCH3 is 2. The first-order valence-electron chi connectivity index (χ1n) is 39.0. The molecule has 0 N–H and O–H groups in total. The molecule has 8 aromatic carbocycles. The van der Waals surface area contributed by atoms with E-state index in [1.54, 1.807) is 36.5 Å². The van der Waals surface area contributed by atoms with Gasteiger partial charge < -0.3 is 18.9 Å². The maximum absolute atomic E-state index is 6.60. The Morgan fingerprint density at radius 2 is 0.443 bits per heavy atom. The standard InChI is InChI=1S/C93H118O4/c1-7-11-15-19-23-33-53-91(54-34-24-20-16-12-8-2)85-65-73(71-37-29-27-30-38-71)41-47-79(85)81-49-43-75(67-87(81)91)77-45-51-83-84-52-46-78(70-90(84)93(89(83)69-77,57-59-96-63-61-94-5)58-60-97-64-62-95-6)76-44-50-82-80-48-42-74(72-39-31-28-32-40-72)66-86(80)92(88(82)68-76,55-35-25-21-17-13-9-3)56-36-26-22-18-14-10-4/h27-32,37-52,65-70H,7-26,33-36,53-64H2,1-6H3. The number of hydrogen-bond donors (Lipinski definition) is 0. The van der Waals surface area contributed by atoms with Gasteiger partial charge >= 0.3 is 0 Å². The Hall–Kier alpha value is -6.40. The van der Waals surface area contributed by atoms with E-state index in [2.05, 4.69) is 198 Å². The van der Waals surface area contributed by atoms with E-state index in [1.807, 2.05) is 0 Å². The summed E-state index contributed by atoms with van der Waals surface area (Å²) in [5.41, 5.74) is 27.3. The Bertz CT molecular complexity index is 3450. The van der Waals surface area contributed by atoms with E-state index in [9.17, 15) is 0 Å². The summed E-state index contributed by atoms with van der Waals surface area (Å²) >= 11 is 0. The Labute approximate surface area is 587 Å². The van der Waals surface area contributed by atoms with Crippen LogP contribution in [0, 0.1) is 0 Å². The van der Waals surface area contributed by atoms with Crippen molar-refractivity contribution >= 4 is 0 Å². The fourth-order valence-corrected chi connectivity index (χ4v) is 17.6. The quantitative estimate of drug-likeness (QED) is 0.0357. The topological polar surface area (TPSA) is 36.9 Å². The van der Waals surface area contributed by atoms with Gasteiger partial charge in [-0.05, 0) is 186 Å². The van der Waals surface area contributed by atoms with Crippen LogP contribution in [0.1, 0.15) is 254 Å². The van der Waals surface area contributed by atoms with E-state index in [0.29, 0.717) is 39.6 Å². The summed E-state index contributed by atoms with van der Waals surface area (Å²) in [7, 11) is 3.54. The fraction of sp³-hybridized carbons (Fsp3) is 0.484. The van der Waals surface area contributed by atoms with Gasteiger partial charge in [0.25, 0.3) is 0 Å². The largest absolute Gasteiger partial charge is 0.382 e. The summed E-state index contributed by atoms with van der Waals surface area (Å²) in [5.74, 6) is 0. The van der Waals surface area contributed by atoms with Crippen molar-refractivity contribution in [3.05, 3.63) is 203 Å². The highest BCUT2D eigenvalue weighted by Crippen LogP contribution is 2.60. The molecule has 8 aromatic rings. The summed E-state index contributed by atoms with van der Waals surface area (Å²) in [6.45, 7) is 12.8. The molecular weight excluding hydrogens is 1180 g/mol. The highest BCUT2D eigenvalue weighted by atomic mass is 16.5. The lowest BCUT2D eigenvalue weighted by atomic mass is 9.69. The lowest BCUT2D eigenvalue weighted by Gasteiger charge is -2.34. The van der Waals surface area contributed by atoms with E-state index in [-0.39, 0.29) is 10.8 Å². The van der Waals surface area contributed by atoms with Gasteiger partial charge in [-0.15, -0.1) is 0 Å². The molecule has 0 heterocycles. The summed E-state index contributed by atoms with van der Waals surface area (Å²) in [6, 6.07) is 67.6. The van der Waals surface area contributed by atoms with Crippen molar-refractivity contribution in [3.8, 4) is 77.9 Å². The van der Waals surface area contributed by atoms with Crippen LogP contribution in [0.3, 0.4) is 0 Å². The van der Waals surface area contributed by atoms with Crippen molar-refractivity contribution in [2.75, 3.05) is 53.9 Å². The molecule has 0 saturated heterocycles. The second kappa shape index (κ2) is 36.1. The predicted octanol–water partition coefficient (Wildman–Crippen LogP) is 26.3. The zero-order valence-electron chi connectivity index (χ0n) is 60.8. The zero-order valence-corrected chi connectivity index (χ0v) is 60.8. The molecule has 0 aliphatic heterocycles. The maximum Gasteiger partial charge on any atom is 0.0700 e. The van der Waals surface area contributed by atoms with Crippen LogP contribution in [0.5, 0.6) is 0 Å². The molecule has 0 unspecified atom stereocenters. The van der Waals surface area contributed by atoms with Gasteiger partial charge in [-0.2, -0.15) is 0 Å². The van der Waals surface area contributed by atoms with Crippen molar-refractivity contribution in [1.82, 2.24) is 0 Å². The SMILES string of the molecule is CCCCCCCCC1(CCCCCCCC)c2cc(-c3ccccc3)ccc2-c2ccc(-c3ccc4c(c3)C(CCOCCOC)(CCOCCOC)c3cc(-c5ccc6c(c5)C(CCCCCCCC)(CCCCCCCC)c5cc(-c7ccccc7)ccc5-6)ccc3-4)cc21. The minimum absolute atomic E-state index is 0.0687. The van der Waals surface area contributed by atoms with Crippen LogP contribution in [-0.2, 0) is 35.2 Å². The molecule has 0 spiro atoms. The lowest BCUT2D eigenvalue weighted by Crippen LogP contribution is -2.30. The first kappa shape index (κ1) is 71.9. The number of ether oxygens (including phenoxy) is 4. The second-order valence-electron chi connectivity index (χ2n) is 29.3. The molecule has 0 saturated carbocycles. The highest BCUT2D eigenvalue weighted by Gasteiger charge is 2.46. The van der Waals surface area contributed by atoms with E-state index >= 15 is 0 Å². The fourth-order valence-electron chi connectivity index (χ4n) is 17.6. The summed E-state index contributed by atoms with van der Waals surface area (Å²) < 4.78 is 24.4. The van der Waals surface area contributed by atoms with Gasteiger partial charge in [0, 0.05) is 43.7 Å². The minimum atomic E-state index is -0.392. The number of fused-ring (bicyclic) bond motifs is 9. The van der Waals surface area contributed by atoms with E-state index < -0.39 is 5.41 Å². The van der Waals surface area contributed by atoms with E-state index in [0.717, 1.165) is 12.8 Å². The number of unbranched alkanes of at least 4 members (excludes halogenated alkanes) is 20. The van der Waals surface area contributed by atoms with Crippen LogP contribution >= 0.6 is 0 Å². The average Bonchev–Trinajstić information content (AvgIpc) is 1.58. The Morgan fingerprint density at radius 3 is 0.691 bits per heavy atom. The van der Waals surface area contributed by atoms with Crippen molar-refractivity contribution in [1.29, 1.82) is 0 Å². The number of rotatable bonds is 44. The Morgan fingerprint density at radius 1 is 0.216 bits per heavy atom. The molecule has 0 bridgehead atoms. The molecule has 4 heteroatoms. The first-order valence-corrected chi connectivity index (χ1v) is 39.0. The van der Waals surface area contributed by atoms with Crippen molar-refractivity contribution in [2.45, 2.75) is 237 Å². The highest BCUT2D eigenvalue weighted by molar-refractivity contribution is 5.91. The molecule has 0 atom stereocenters. The van der Waals surface area contributed by atoms with Crippen molar-refractivity contribution < 1.29 is 18.9 Å². The van der Waals surface area contributed by atoms with E-state index in [4.69, 9.17) is 18.9 Å². The van der Waals surface area contributed by atoms with Gasteiger partial charge in [0.1, 0.15) is 0 Å². The summed E-state index contributed by atoms with van der Waals surface area (Å²) in [4.78, 5) is 0. The number of benzene rings is 8. The Balaban J connectivity index is 1.02. The van der Waals surface area contributed by atoms with Crippen molar-refractivity contribution in [2.24, 2.45) is 0 Å². The van der Waals surface area contributed by atoms with Crippen LogP contribution in [0.2, 0.25) is 0 Å². The smallest absolute Gasteiger partial charge is 0.0700 e. The average molecular weight is 1300 g/mol. The monoisotopic (exact) mass is 1300 g/mol. The molecule has 3 aliphatic rings. The molecule has 514 valence electrons. The zero-order chi connectivity index (χ0) is 67.1. The van der Waals surface area contributed by atoms with Crippen LogP contribution in [0.25, 0.3) is 77.9 Å². The van der Waals surface area contributed by atoms with Crippen LogP contribution in [-0.4, -0.2) is 53.9 Å². The van der Waals surface area contributed by atoms with Gasteiger partial charge in [0.2, 0.25) is 0 Å². The van der Waals surface area contributed by atoms with Crippen molar-refractivity contribution in [3.63, 3.8) is 0 Å². The molecule has 97 heavy (non-hydrogen) atoms. The summed E-state index contributed by atoms with van der Waals surface area (Å²) in [5, 5.41) is 0. The van der Waals surface area contributed by atoms with Crippen LogP contribution in [0.4, 0.5) is 0 Å². The molecule has 0 aromatic heterocycles. The Kier molecular flexibility index (Phi) is 26.7. The molecule has 4 nitrogen and oxygen atoms in total. The van der Waals surface area contributed by atoms with Gasteiger partial charge in [-0.25, -0.2) is 0 Å². The molecule has 0 amide bonds. The minimum Gasteiger partial charge on any atom is -0.382 e. The summed E-state index contributed by atoms with van der Waals surface area (Å²) in [6.07, 6.45) is 37.5. The third kappa shape index (κ3) is 16.6. The molecule has 0 fully saturated rings. The number of hydrogen-bond acceptors (Lipinski definition) is 4. The maximum atomic E-state index is 6.60. The van der Waals surface area contributed by atoms with Gasteiger partial charge in [-0.3, -0.25) is 0 Å². The lowest BCUT2D eigenvalue weighted by molar-refractivity contribution is 0.0491. The third-order valence-corrected chi connectivity index (χ3v) is 23.0. The molecule has 11 rings (SSSR count). The molecule has 0 radical (unpaired) electrons. The predicted molar refractivity (Wildman–Crippen MR) is 413 cm³/mol. The normalized spacial score (nSPS) is 14.1. The molecular formula is C93H118O4.